The zero-order chi connectivity index (χ0) is 19.5. The molecular formula is C21H23BrN2O2. The lowest BCUT2D eigenvalue weighted by molar-refractivity contribution is 0.0995. The summed E-state index contributed by atoms with van der Waals surface area (Å²) in [7, 11) is 0. The van der Waals surface area contributed by atoms with Crippen LogP contribution in [0, 0.1) is 11.3 Å². The molecule has 0 saturated carbocycles. The summed E-state index contributed by atoms with van der Waals surface area (Å²) in [5.74, 6) is 0.277. The number of halogens is 1. The molecule has 2 aromatic rings. The van der Waals surface area contributed by atoms with E-state index in [1.807, 2.05) is 32.9 Å². The minimum absolute atomic E-state index is 0.0209. The Morgan fingerprint density at radius 3 is 2.62 bits per heavy atom. The monoisotopic (exact) mass is 414 g/mol. The van der Waals surface area contributed by atoms with Crippen molar-refractivity contribution in [2.75, 3.05) is 0 Å². The van der Waals surface area contributed by atoms with Gasteiger partial charge >= 0.3 is 0 Å². The van der Waals surface area contributed by atoms with Gasteiger partial charge in [-0.15, -0.1) is 0 Å². The maximum absolute atomic E-state index is 13.0. The first-order chi connectivity index (χ1) is 12.2. The Morgan fingerprint density at radius 2 is 2.04 bits per heavy atom. The first kappa shape index (κ1) is 20.0. The molecule has 1 aromatic heterocycles. The number of aromatic nitrogens is 1. The van der Waals surface area contributed by atoms with Crippen LogP contribution < -0.4 is 0 Å². The molecule has 0 fully saturated rings. The summed E-state index contributed by atoms with van der Waals surface area (Å²) in [4.78, 5) is 16.3. The summed E-state index contributed by atoms with van der Waals surface area (Å²) in [6.45, 7) is 7.59. The minimum atomic E-state index is -0.381. The van der Waals surface area contributed by atoms with E-state index in [0.29, 0.717) is 24.0 Å². The lowest BCUT2D eigenvalue weighted by Gasteiger charge is -2.23. The molecule has 26 heavy (non-hydrogen) atoms. The SMILES string of the molecule is C/C(O)=C\CC(C)(C)c1[nH]c2cc(C#N)ccc2c1C(=O)C/C=C(\C)Br. The van der Waals surface area contributed by atoms with E-state index in [4.69, 9.17) is 5.26 Å². The van der Waals surface area contributed by atoms with Crippen LogP contribution in [0.1, 0.15) is 62.2 Å². The van der Waals surface area contributed by atoms with E-state index in [2.05, 4.69) is 27.0 Å². The molecule has 0 aliphatic carbocycles. The number of nitriles is 1. The predicted octanol–water partition coefficient (Wildman–Crippen LogP) is 6.04. The van der Waals surface area contributed by atoms with Crippen molar-refractivity contribution < 1.29 is 9.90 Å². The van der Waals surface area contributed by atoms with Crippen LogP contribution in [0.3, 0.4) is 0 Å². The number of nitrogens with one attached hydrogen (secondary N) is 1. The molecule has 0 aliphatic heterocycles. The van der Waals surface area contributed by atoms with Crippen molar-refractivity contribution in [1.29, 1.82) is 5.26 Å². The summed E-state index contributed by atoms with van der Waals surface area (Å²) in [6, 6.07) is 7.46. The van der Waals surface area contributed by atoms with Crippen molar-refractivity contribution in [2.24, 2.45) is 0 Å². The highest BCUT2D eigenvalue weighted by molar-refractivity contribution is 9.11. The molecule has 2 rings (SSSR count). The third-order valence-corrected chi connectivity index (χ3v) is 4.68. The maximum Gasteiger partial charge on any atom is 0.169 e. The number of aliphatic hydroxyl groups is 1. The van der Waals surface area contributed by atoms with Gasteiger partial charge in [0.1, 0.15) is 0 Å². The fraction of sp³-hybridized carbons (Fsp3) is 0.333. The zero-order valence-corrected chi connectivity index (χ0v) is 17.1. The van der Waals surface area contributed by atoms with Crippen molar-refractivity contribution >= 4 is 32.6 Å². The fourth-order valence-corrected chi connectivity index (χ4v) is 3.07. The number of aliphatic hydroxyl groups excluding tert-OH is 1. The lowest BCUT2D eigenvalue weighted by atomic mass is 9.82. The Morgan fingerprint density at radius 1 is 1.35 bits per heavy atom. The Bertz CT molecular complexity index is 935. The number of hydrogen-bond acceptors (Lipinski definition) is 3. The van der Waals surface area contributed by atoms with Crippen LogP contribution in [0.4, 0.5) is 0 Å². The second-order valence-corrected chi connectivity index (χ2v) is 8.35. The van der Waals surface area contributed by atoms with Gasteiger partial charge in [-0.2, -0.15) is 5.26 Å². The number of hydrogen-bond donors (Lipinski definition) is 2. The summed E-state index contributed by atoms with van der Waals surface area (Å²) in [5.41, 5.74) is 2.42. The van der Waals surface area contributed by atoms with Crippen molar-refractivity contribution in [3.8, 4) is 6.07 Å². The average Bonchev–Trinajstić information content (AvgIpc) is 2.97. The van der Waals surface area contributed by atoms with E-state index in [9.17, 15) is 9.90 Å². The molecule has 2 N–H and O–H groups in total. The van der Waals surface area contributed by atoms with Crippen molar-refractivity contribution in [1.82, 2.24) is 4.98 Å². The number of allylic oxidation sites excluding steroid dienone is 4. The van der Waals surface area contributed by atoms with Crippen LogP contribution in [0.25, 0.3) is 10.9 Å². The van der Waals surface area contributed by atoms with Crippen molar-refractivity contribution in [3.05, 3.63) is 57.4 Å². The summed E-state index contributed by atoms with van der Waals surface area (Å²) < 4.78 is 0.914. The Balaban J connectivity index is 2.65. The lowest BCUT2D eigenvalue weighted by Crippen LogP contribution is -2.20. The molecular weight excluding hydrogens is 392 g/mol. The third-order valence-electron chi connectivity index (χ3n) is 4.36. The summed E-state index contributed by atoms with van der Waals surface area (Å²) in [6.07, 6.45) is 4.48. The molecule has 0 radical (unpaired) electrons. The summed E-state index contributed by atoms with van der Waals surface area (Å²) in [5, 5.41) is 19.5. The molecule has 0 spiro atoms. The highest BCUT2D eigenvalue weighted by atomic mass is 79.9. The Hall–Kier alpha value is -2.32. The number of rotatable bonds is 6. The third kappa shape index (κ3) is 4.44. The second-order valence-electron chi connectivity index (χ2n) is 7.10. The van der Waals surface area contributed by atoms with Crippen LogP contribution in [-0.4, -0.2) is 15.9 Å². The van der Waals surface area contributed by atoms with Gasteiger partial charge < -0.3 is 10.1 Å². The van der Waals surface area contributed by atoms with Gasteiger partial charge in [-0.1, -0.05) is 41.9 Å². The number of nitrogens with zero attached hydrogens (tertiary/aromatic N) is 1. The number of H-pyrrole nitrogens is 1. The normalized spacial score (nSPS) is 13.1. The number of ketones is 1. The molecule has 0 saturated heterocycles. The Labute approximate surface area is 162 Å². The van der Waals surface area contributed by atoms with Crippen molar-refractivity contribution in [3.63, 3.8) is 0 Å². The molecule has 0 aliphatic rings. The first-order valence-electron chi connectivity index (χ1n) is 8.43. The smallest absolute Gasteiger partial charge is 0.169 e. The number of benzene rings is 1. The molecule has 1 heterocycles. The van der Waals surface area contributed by atoms with E-state index in [1.165, 1.54) is 0 Å². The van der Waals surface area contributed by atoms with E-state index in [0.717, 1.165) is 21.1 Å². The van der Waals surface area contributed by atoms with E-state index in [-0.39, 0.29) is 17.0 Å². The van der Waals surface area contributed by atoms with Crippen LogP contribution in [0.15, 0.2) is 40.6 Å². The molecule has 0 amide bonds. The molecule has 0 atom stereocenters. The number of carbonyl (C=O) groups is 1. The largest absolute Gasteiger partial charge is 0.513 e. The summed E-state index contributed by atoms with van der Waals surface area (Å²) >= 11 is 3.36. The van der Waals surface area contributed by atoms with Gasteiger partial charge in [0.15, 0.2) is 5.78 Å². The van der Waals surface area contributed by atoms with Gasteiger partial charge in [0.2, 0.25) is 0 Å². The highest BCUT2D eigenvalue weighted by Gasteiger charge is 2.29. The van der Waals surface area contributed by atoms with Crippen molar-refractivity contribution in [2.45, 2.75) is 46.0 Å². The van der Waals surface area contributed by atoms with Gasteiger partial charge in [-0.25, -0.2) is 0 Å². The van der Waals surface area contributed by atoms with Gasteiger partial charge in [0.25, 0.3) is 0 Å². The molecule has 4 nitrogen and oxygen atoms in total. The van der Waals surface area contributed by atoms with Gasteiger partial charge in [-0.05, 0) is 43.0 Å². The Kier molecular flexibility index (Phi) is 6.09. The topological polar surface area (TPSA) is 76.9 Å². The van der Waals surface area contributed by atoms with Crippen LogP contribution in [0.2, 0.25) is 0 Å². The first-order valence-corrected chi connectivity index (χ1v) is 9.22. The number of Topliss-reactive ketones (excluding diaryl/α,β-unsaturated/α-hetero) is 1. The van der Waals surface area contributed by atoms with E-state index >= 15 is 0 Å². The van der Waals surface area contributed by atoms with Gasteiger partial charge in [0, 0.05) is 34.0 Å². The quantitative estimate of drug-likeness (QED) is 0.446. The molecule has 136 valence electrons. The molecule has 1 aromatic carbocycles. The van der Waals surface area contributed by atoms with Crippen LogP contribution in [0.5, 0.6) is 0 Å². The predicted molar refractivity (Wildman–Crippen MR) is 109 cm³/mol. The second kappa shape index (κ2) is 7.92. The van der Waals surface area contributed by atoms with Crippen LogP contribution in [-0.2, 0) is 5.41 Å². The average molecular weight is 415 g/mol. The fourth-order valence-electron chi connectivity index (χ4n) is 2.90. The number of aromatic amines is 1. The zero-order valence-electron chi connectivity index (χ0n) is 15.5. The van der Waals surface area contributed by atoms with Gasteiger partial charge in [-0.3, -0.25) is 4.79 Å². The minimum Gasteiger partial charge on any atom is -0.513 e. The van der Waals surface area contributed by atoms with Gasteiger partial charge in [0.05, 0.1) is 17.4 Å². The molecule has 0 bridgehead atoms. The van der Waals surface area contributed by atoms with E-state index in [1.54, 1.807) is 25.1 Å². The maximum atomic E-state index is 13.0. The molecule has 5 heteroatoms. The standard InChI is InChI=1S/C21H23BrN2O2/c1-13(22)5-8-18(26)19-16-7-6-15(12-23)11-17(16)24-20(19)21(3,4)10-9-14(2)25/h5-7,9,11,24-25H,8,10H2,1-4H3/b13-5+,14-9+. The van der Waals surface area contributed by atoms with Crippen LogP contribution >= 0.6 is 15.9 Å². The van der Waals surface area contributed by atoms with E-state index < -0.39 is 0 Å². The molecule has 0 unspecified atom stereocenters. The highest BCUT2D eigenvalue weighted by Crippen LogP contribution is 2.35. The number of carbonyl (C=O) groups excluding carboxylic acids is 1. The number of fused-ring (bicyclic) bond motifs is 1.